The van der Waals surface area contributed by atoms with Gasteiger partial charge in [-0.3, -0.25) is 9.89 Å². The van der Waals surface area contributed by atoms with Gasteiger partial charge in [-0.25, -0.2) is 4.39 Å². The highest BCUT2D eigenvalue weighted by Crippen LogP contribution is 2.18. The van der Waals surface area contributed by atoms with E-state index < -0.39 is 11.7 Å². The molecule has 4 N–H and O–H groups in total. The number of nitrogens with zero attached hydrogens (tertiary/aromatic N) is 1. The zero-order chi connectivity index (χ0) is 12.4. The van der Waals surface area contributed by atoms with Gasteiger partial charge in [0.05, 0.1) is 17.4 Å². The van der Waals surface area contributed by atoms with Crippen molar-refractivity contribution in [2.45, 2.75) is 0 Å². The molecule has 7 heteroatoms. The first-order valence-corrected chi connectivity index (χ1v) is 5.01. The quantitative estimate of drug-likeness (QED) is 0.767. The van der Waals surface area contributed by atoms with Gasteiger partial charge in [-0.15, -0.1) is 0 Å². The molecule has 0 fully saturated rings. The smallest absolute Gasteiger partial charge is 0.259 e. The van der Waals surface area contributed by atoms with Crippen LogP contribution in [0.15, 0.2) is 24.4 Å². The summed E-state index contributed by atoms with van der Waals surface area (Å²) in [7, 11) is 0. The van der Waals surface area contributed by atoms with Crippen LogP contribution in [0.2, 0.25) is 5.02 Å². The molecule has 17 heavy (non-hydrogen) atoms. The molecule has 0 aliphatic heterocycles. The van der Waals surface area contributed by atoms with E-state index >= 15 is 0 Å². The van der Waals surface area contributed by atoms with E-state index in [1.54, 1.807) is 0 Å². The van der Waals surface area contributed by atoms with Crippen molar-refractivity contribution in [3.8, 4) is 0 Å². The van der Waals surface area contributed by atoms with Crippen LogP contribution in [0.5, 0.6) is 0 Å². The Morgan fingerprint density at radius 1 is 1.53 bits per heavy atom. The van der Waals surface area contributed by atoms with Gasteiger partial charge < -0.3 is 11.1 Å². The third-order valence-corrected chi connectivity index (χ3v) is 2.32. The number of nitrogens with one attached hydrogen (secondary N) is 2. The van der Waals surface area contributed by atoms with E-state index in [0.717, 1.165) is 6.07 Å². The predicted octanol–water partition coefficient (Wildman–Crippen LogP) is 2.04. The van der Waals surface area contributed by atoms with Crippen molar-refractivity contribution in [2.75, 3.05) is 11.1 Å². The minimum absolute atomic E-state index is 0.122. The summed E-state index contributed by atoms with van der Waals surface area (Å²) in [5.74, 6) is -1.10. The van der Waals surface area contributed by atoms with Crippen LogP contribution in [0.25, 0.3) is 0 Å². The minimum atomic E-state index is -0.701. The Balaban J connectivity index is 2.23. The van der Waals surface area contributed by atoms with Gasteiger partial charge in [0.1, 0.15) is 5.82 Å². The fourth-order valence-corrected chi connectivity index (χ4v) is 1.41. The summed E-state index contributed by atoms with van der Waals surface area (Å²) in [5, 5.41) is 8.73. The monoisotopic (exact) mass is 254 g/mol. The summed E-state index contributed by atoms with van der Waals surface area (Å²) in [6.07, 6.45) is 1.34. The molecule has 0 atom stereocenters. The van der Waals surface area contributed by atoms with Crippen LogP contribution < -0.4 is 11.1 Å². The summed E-state index contributed by atoms with van der Waals surface area (Å²) < 4.78 is 13.4. The zero-order valence-corrected chi connectivity index (χ0v) is 9.25. The summed E-state index contributed by atoms with van der Waals surface area (Å²) in [6.45, 7) is 0. The number of carbonyl (C=O) groups excluding carboxylic acids is 1. The largest absolute Gasteiger partial charge is 0.394 e. The van der Waals surface area contributed by atoms with Crippen LogP contribution in [0.3, 0.4) is 0 Å². The second kappa shape index (κ2) is 4.42. The number of H-pyrrole nitrogens is 1. The van der Waals surface area contributed by atoms with Crippen molar-refractivity contribution in [1.82, 2.24) is 10.2 Å². The highest BCUT2D eigenvalue weighted by Gasteiger charge is 2.13. The fraction of sp³-hybridized carbons (Fsp3) is 0. The number of hydrogen-bond acceptors (Lipinski definition) is 3. The maximum Gasteiger partial charge on any atom is 0.259 e. The number of aromatic amines is 1. The van der Waals surface area contributed by atoms with Crippen LogP contribution >= 0.6 is 11.6 Å². The Labute approximate surface area is 101 Å². The minimum Gasteiger partial charge on any atom is -0.394 e. The maximum absolute atomic E-state index is 13.4. The van der Waals surface area contributed by atoms with E-state index in [2.05, 4.69) is 15.5 Å². The summed E-state index contributed by atoms with van der Waals surface area (Å²) in [4.78, 5) is 11.7. The van der Waals surface area contributed by atoms with E-state index in [0.29, 0.717) is 0 Å². The van der Waals surface area contributed by atoms with Crippen molar-refractivity contribution in [2.24, 2.45) is 0 Å². The van der Waals surface area contributed by atoms with Gasteiger partial charge in [0.2, 0.25) is 0 Å². The molecule has 5 nitrogen and oxygen atoms in total. The predicted molar refractivity (Wildman–Crippen MR) is 62.4 cm³/mol. The lowest BCUT2D eigenvalue weighted by molar-refractivity contribution is 0.102. The molecule has 1 aromatic heterocycles. The molecule has 0 spiro atoms. The Hall–Kier alpha value is -2.08. The molecule has 1 aromatic carbocycles. The molecule has 0 unspecified atom stereocenters. The van der Waals surface area contributed by atoms with Crippen LogP contribution in [0.4, 0.5) is 15.9 Å². The molecule has 2 rings (SSSR count). The second-order valence-corrected chi connectivity index (χ2v) is 3.72. The average molecular weight is 255 g/mol. The Bertz CT molecular complexity index is 569. The van der Waals surface area contributed by atoms with Gasteiger partial charge in [0, 0.05) is 5.02 Å². The number of carbonyl (C=O) groups is 1. The number of aromatic nitrogens is 2. The van der Waals surface area contributed by atoms with Crippen molar-refractivity contribution >= 4 is 29.0 Å². The first-order chi connectivity index (χ1) is 8.08. The van der Waals surface area contributed by atoms with Crippen LogP contribution in [-0.2, 0) is 0 Å². The molecule has 88 valence electrons. The summed E-state index contributed by atoms with van der Waals surface area (Å²) >= 11 is 5.58. The molecule has 0 saturated carbocycles. The van der Waals surface area contributed by atoms with E-state index in [-0.39, 0.29) is 22.1 Å². The molecule has 0 saturated heterocycles. The second-order valence-electron chi connectivity index (χ2n) is 3.28. The number of rotatable bonds is 2. The number of hydrogen-bond donors (Lipinski definition) is 3. The van der Waals surface area contributed by atoms with E-state index in [1.165, 1.54) is 18.3 Å². The normalized spacial score (nSPS) is 10.2. The van der Waals surface area contributed by atoms with Crippen molar-refractivity contribution < 1.29 is 9.18 Å². The standard InChI is InChI=1S/C10H8ClFN4O/c11-5-1-2-6(7(12)3-5)10(17)15-9-8(13)4-14-16-9/h1-4H,13H2,(H2,14,15,16,17). The molecule has 2 aromatic rings. The zero-order valence-electron chi connectivity index (χ0n) is 8.50. The van der Waals surface area contributed by atoms with Gasteiger partial charge in [-0.2, -0.15) is 5.10 Å². The summed E-state index contributed by atoms with van der Waals surface area (Å²) in [5.41, 5.74) is 5.65. The third kappa shape index (κ3) is 2.36. The Morgan fingerprint density at radius 3 is 2.88 bits per heavy atom. The molecule has 1 amide bonds. The van der Waals surface area contributed by atoms with Crippen LogP contribution in [0, 0.1) is 5.82 Å². The molecule has 0 aliphatic carbocycles. The van der Waals surface area contributed by atoms with E-state index in [1.807, 2.05) is 0 Å². The fourth-order valence-electron chi connectivity index (χ4n) is 1.25. The lowest BCUT2D eigenvalue weighted by Gasteiger charge is -2.04. The first-order valence-electron chi connectivity index (χ1n) is 4.63. The number of nitrogen functional groups attached to an aromatic ring is 1. The Kier molecular flexibility index (Phi) is 2.97. The van der Waals surface area contributed by atoms with Crippen molar-refractivity contribution in [1.29, 1.82) is 0 Å². The maximum atomic E-state index is 13.4. The molecule has 1 heterocycles. The van der Waals surface area contributed by atoms with Gasteiger partial charge in [0.15, 0.2) is 5.82 Å². The van der Waals surface area contributed by atoms with Gasteiger partial charge in [-0.1, -0.05) is 11.6 Å². The molecular weight excluding hydrogens is 247 g/mol. The summed E-state index contributed by atoms with van der Waals surface area (Å²) in [6, 6.07) is 3.78. The van der Waals surface area contributed by atoms with Gasteiger partial charge >= 0.3 is 0 Å². The van der Waals surface area contributed by atoms with Gasteiger partial charge in [0.25, 0.3) is 5.91 Å². The van der Waals surface area contributed by atoms with Crippen molar-refractivity contribution in [3.63, 3.8) is 0 Å². The SMILES string of the molecule is Nc1cn[nH]c1NC(=O)c1ccc(Cl)cc1F. The van der Waals surface area contributed by atoms with E-state index in [9.17, 15) is 9.18 Å². The lowest BCUT2D eigenvalue weighted by Crippen LogP contribution is -2.14. The number of nitrogens with two attached hydrogens (primary N) is 1. The third-order valence-electron chi connectivity index (χ3n) is 2.08. The molecular formula is C10H8ClFN4O. The number of benzene rings is 1. The molecule has 0 aliphatic rings. The average Bonchev–Trinajstić information content (AvgIpc) is 2.64. The Morgan fingerprint density at radius 2 is 2.29 bits per heavy atom. The number of halogens is 2. The van der Waals surface area contributed by atoms with Gasteiger partial charge in [-0.05, 0) is 18.2 Å². The first kappa shape index (κ1) is 11.4. The number of anilines is 2. The number of amides is 1. The highest BCUT2D eigenvalue weighted by molar-refractivity contribution is 6.30. The van der Waals surface area contributed by atoms with E-state index in [4.69, 9.17) is 17.3 Å². The van der Waals surface area contributed by atoms with Crippen molar-refractivity contribution in [3.05, 3.63) is 40.8 Å². The molecule has 0 bridgehead atoms. The topological polar surface area (TPSA) is 83.8 Å². The van der Waals surface area contributed by atoms with Crippen LogP contribution in [0.1, 0.15) is 10.4 Å². The highest BCUT2D eigenvalue weighted by atomic mass is 35.5. The molecule has 0 radical (unpaired) electrons. The lowest BCUT2D eigenvalue weighted by atomic mass is 10.2. The van der Waals surface area contributed by atoms with Crippen LogP contribution in [-0.4, -0.2) is 16.1 Å².